The van der Waals surface area contributed by atoms with Crippen molar-refractivity contribution >= 4 is 0 Å². The van der Waals surface area contributed by atoms with Crippen LogP contribution in [-0.2, 0) is 0 Å². The molecular formula is C14H17N3O2. The van der Waals surface area contributed by atoms with Crippen molar-refractivity contribution in [3.63, 3.8) is 0 Å². The quantitative estimate of drug-likeness (QED) is 0.865. The van der Waals surface area contributed by atoms with Gasteiger partial charge in [0.15, 0.2) is 0 Å². The van der Waals surface area contributed by atoms with E-state index in [4.69, 9.17) is 10.3 Å². The Morgan fingerprint density at radius 1 is 1.26 bits per heavy atom. The van der Waals surface area contributed by atoms with Crippen LogP contribution in [0.4, 0.5) is 0 Å². The molecule has 1 aliphatic rings. The lowest BCUT2D eigenvalue weighted by molar-refractivity contribution is 0.290. The van der Waals surface area contributed by atoms with Gasteiger partial charge in [-0.25, -0.2) is 0 Å². The van der Waals surface area contributed by atoms with Gasteiger partial charge in [0.05, 0.1) is 5.92 Å². The minimum Gasteiger partial charge on any atom is -0.508 e. The zero-order valence-electron chi connectivity index (χ0n) is 10.6. The number of hydrogen-bond acceptors (Lipinski definition) is 5. The van der Waals surface area contributed by atoms with Gasteiger partial charge in [-0.2, -0.15) is 4.98 Å². The number of benzene rings is 1. The van der Waals surface area contributed by atoms with E-state index in [9.17, 15) is 5.11 Å². The average Bonchev–Trinajstić information content (AvgIpc) is 2.89. The van der Waals surface area contributed by atoms with Crippen molar-refractivity contribution in [3.8, 4) is 17.1 Å². The Bertz CT molecular complexity index is 567. The Morgan fingerprint density at radius 2 is 2.11 bits per heavy atom. The molecule has 19 heavy (non-hydrogen) atoms. The molecule has 100 valence electrons. The highest BCUT2D eigenvalue weighted by atomic mass is 16.5. The van der Waals surface area contributed by atoms with Crippen LogP contribution in [0.3, 0.4) is 0 Å². The predicted octanol–water partition coefficient (Wildman–Crippen LogP) is 2.43. The number of phenols is 1. The van der Waals surface area contributed by atoms with Crippen molar-refractivity contribution in [3.05, 3.63) is 30.2 Å². The third kappa shape index (κ3) is 2.46. The Hall–Kier alpha value is -1.88. The highest BCUT2D eigenvalue weighted by molar-refractivity contribution is 5.56. The van der Waals surface area contributed by atoms with Crippen LogP contribution in [0.1, 0.15) is 37.5 Å². The molecule has 2 aromatic rings. The van der Waals surface area contributed by atoms with E-state index in [0.717, 1.165) is 24.8 Å². The number of aromatic nitrogens is 2. The molecule has 1 aromatic carbocycles. The van der Waals surface area contributed by atoms with Crippen molar-refractivity contribution in [2.75, 3.05) is 0 Å². The molecule has 1 fully saturated rings. The molecule has 0 spiro atoms. The molecule has 1 aliphatic carbocycles. The smallest absolute Gasteiger partial charge is 0.231 e. The molecule has 0 radical (unpaired) electrons. The number of phenolic OH excluding ortho intramolecular Hbond substituents is 1. The van der Waals surface area contributed by atoms with Crippen molar-refractivity contribution in [1.29, 1.82) is 0 Å². The standard InChI is InChI=1S/C14H17N3O2/c15-12-7-2-1-6-11(12)14-16-13(17-19-14)9-4-3-5-10(18)8-9/h3-5,8,11-12,18H,1-2,6-7,15H2. The van der Waals surface area contributed by atoms with E-state index in [0.29, 0.717) is 11.7 Å². The molecule has 1 saturated carbocycles. The predicted molar refractivity (Wildman–Crippen MR) is 70.6 cm³/mol. The lowest BCUT2D eigenvalue weighted by atomic mass is 9.85. The molecule has 3 rings (SSSR count). The summed E-state index contributed by atoms with van der Waals surface area (Å²) in [4.78, 5) is 4.43. The maximum Gasteiger partial charge on any atom is 0.231 e. The maximum absolute atomic E-state index is 9.47. The molecule has 3 N–H and O–H groups in total. The van der Waals surface area contributed by atoms with Gasteiger partial charge in [-0.15, -0.1) is 0 Å². The van der Waals surface area contributed by atoms with E-state index in [1.807, 2.05) is 6.07 Å². The Labute approximate surface area is 111 Å². The highest BCUT2D eigenvalue weighted by Gasteiger charge is 2.28. The van der Waals surface area contributed by atoms with Crippen LogP contribution in [0.15, 0.2) is 28.8 Å². The van der Waals surface area contributed by atoms with E-state index in [2.05, 4.69) is 10.1 Å². The normalized spacial score (nSPS) is 23.4. The summed E-state index contributed by atoms with van der Waals surface area (Å²) in [5.41, 5.74) is 6.86. The van der Waals surface area contributed by atoms with Crippen molar-refractivity contribution in [2.24, 2.45) is 5.73 Å². The summed E-state index contributed by atoms with van der Waals surface area (Å²) < 4.78 is 5.35. The van der Waals surface area contributed by atoms with Crippen LogP contribution in [0.5, 0.6) is 5.75 Å². The Kier molecular flexibility index (Phi) is 3.21. The van der Waals surface area contributed by atoms with Crippen LogP contribution in [0, 0.1) is 0 Å². The van der Waals surface area contributed by atoms with Gasteiger partial charge in [0, 0.05) is 11.6 Å². The molecule has 0 amide bonds. The van der Waals surface area contributed by atoms with Crippen LogP contribution >= 0.6 is 0 Å². The second-order valence-corrected chi connectivity index (χ2v) is 5.06. The first-order chi connectivity index (χ1) is 9.24. The Balaban J connectivity index is 1.86. The summed E-state index contributed by atoms with van der Waals surface area (Å²) in [7, 11) is 0. The summed E-state index contributed by atoms with van der Waals surface area (Å²) in [6, 6.07) is 6.94. The lowest BCUT2D eigenvalue weighted by Gasteiger charge is -2.25. The first-order valence-electron chi connectivity index (χ1n) is 6.62. The molecule has 1 aromatic heterocycles. The topological polar surface area (TPSA) is 85.2 Å². The van der Waals surface area contributed by atoms with Gasteiger partial charge < -0.3 is 15.4 Å². The maximum atomic E-state index is 9.47. The molecule has 0 saturated heterocycles. The van der Waals surface area contributed by atoms with Gasteiger partial charge in [-0.1, -0.05) is 30.1 Å². The molecule has 5 nitrogen and oxygen atoms in total. The number of nitrogens with zero attached hydrogens (tertiary/aromatic N) is 2. The number of nitrogens with two attached hydrogens (primary N) is 1. The molecule has 2 atom stereocenters. The minimum atomic E-state index is 0.103. The molecule has 0 bridgehead atoms. The van der Waals surface area contributed by atoms with Crippen LogP contribution in [0.25, 0.3) is 11.4 Å². The molecule has 2 unspecified atom stereocenters. The second-order valence-electron chi connectivity index (χ2n) is 5.06. The minimum absolute atomic E-state index is 0.103. The largest absolute Gasteiger partial charge is 0.508 e. The van der Waals surface area contributed by atoms with Crippen LogP contribution in [0.2, 0.25) is 0 Å². The van der Waals surface area contributed by atoms with E-state index in [-0.39, 0.29) is 17.7 Å². The van der Waals surface area contributed by atoms with E-state index in [1.54, 1.807) is 18.2 Å². The fourth-order valence-electron chi connectivity index (χ4n) is 2.61. The monoisotopic (exact) mass is 259 g/mol. The third-order valence-corrected chi connectivity index (χ3v) is 3.68. The van der Waals surface area contributed by atoms with Crippen LogP contribution < -0.4 is 5.73 Å². The third-order valence-electron chi connectivity index (χ3n) is 3.68. The molecule has 5 heteroatoms. The van der Waals surface area contributed by atoms with Gasteiger partial charge in [-0.05, 0) is 25.0 Å². The SMILES string of the molecule is NC1CCCCC1c1nc(-c2cccc(O)c2)no1. The molecular weight excluding hydrogens is 242 g/mol. The number of aromatic hydroxyl groups is 1. The summed E-state index contributed by atoms with van der Waals surface area (Å²) >= 11 is 0. The zero-order valence-corrected chi connectivity index (χ0v) is 10.6. The summed E-state index contributed by atoms with van der Waals surface area (Å²) in [6.07, 6.45) is 4.34. The summed E-state index contributed by atoms with van der Waals surface area (Å²) in [6.45, 7) is 0. The van der Waals surface area contributed by atoms with Gasteiger partial charge in [0.2, 0.25) is 11.7 Å². The molecule has 1 heterocycles. The molecule has 0 aliphatic heterocycles. The summed E-state index contributed by atoms with van der Waals surface area (Å²) in [5, 5.41) is 13.5. The van der Waals surface area contributed by atoms with E-state index < -0.39 is 0 Å². The van der Waals surface area contributed by atoms with Crippen molar-refractivity contribution in [2.45, 2.75) is 37.6 Å². The van der Waals surface area contributed by atoms with Gasteiger partial charge in [-0.3, -0.25) is 0 Å². The fraction of sp³-hybridized carbons (Fsp3) is 0.429. The number of hydrogen-bond donors (Lipinski definition) is 2. The van der Waals surface area contributed by atoms with Gasteiger partial charge in [0.1, 0.15) is 5.75 Å². The first kappa shape index (κ1) is 12.2. The van der Waals surface area contributed by atoms with Crippen LogP contribution in [-0.4, -0.2) is 21.3 Å². The Morgan fingerprint density at radius 3 is 2.89 bits per heavy atom. The fourth-order valence-corrected chi connectivity index (χ4v) is 2.61. The van der Waals surface area contributed by atoms with Crippen molar-refractivity contribution < 1.29 is 9.63 Å². The highest BCUT2D eigenvalue weighted by Crippen LogP contribution is 2.32. The van der Waals surface area contributed by atoms with Gasteiger partial charge in [0.25, 0.3) is 0 Å². The first-order valence-corrected chi connectivity index (χ1v) is 6.62. The van der Waals surface area contributed by atoms with Gasteiger partial charge >= 0.3 is 0 Å². The summed E-state index contributed by atoms with van der Waals surface area (Å²) in [5.74, 6) is 1.47. The lowest BCUT2D eigenvalue weighted by Crippen LogP contribution is -2.31. The second kappa shape index (κ2) is 5.01. The van der Waals surface area contributed by atoms with E-state index >= 15 is 0 Å². The van der Waals surface area contributed by atoms with E-state index in [1.165, 1.54) is 6.42 Å². The van der Waals surface area contributed by atoms with Crippen molar-refractivity contribution in [1.82, 2.24) is 10.1 Å². The zero-order chi connectivity index (χ0) is 13.2. The number of rotatable bonds is 2. The average molecular weight is 259 g/mol.